The summed E-state index contributed by atoms with van der Waals surface area (Å²) in [5, 5.41) is 0.185. The molecule has 0 aromatic heterocycles. The third kappa shape index (κ3) is 5.19. The highest BCUT2D eigenvalue weighted by Gasteiger charge is 2.30. The van der Waals surface area contributed by atoms with Crippen LogP contribution in [0.3, 0.4) is 0 Å². The SMILES string of the molecule is COC1=CC(=O)N(CCCCCC(=O)OCc2ccccc2)S1=O. The lowest BCUT2D eigenvalue weighted by atomic mass is 10.2. The normalized spacial score (nSPS) is 16.9. The topological polar surface area (TPSA) is 72.9 Å². The van der Waals surface area contributed by atoms with Crippen molar-refractivity contribution in [1.29, 1.82) is 0 Å². The van der Waals surface area contributed by atoms with Gasteiger partial charge in [-0.3, -0.25) is 13.9 Å². The van der Waals surface area contributed by atoms with Gasteiger partial charge in [-0.25, -0.2) is 4.21 Å². The van der Waals surface area contributed by atoms with Crippen molar-refractivity contribution in [2.75, 3.05) is 13.7 Å². The first-order valence-electron chi connectivity index (χ1n) is 7.80. The van der Waals surface area contributed by atoms with E-state index in [9.17, 15) is 13.8 Å². The third-order valence-corrected chi connectivity index (χ3v) is 4.94. The Kier molecular flexibility index (Phi) is 6.99. The van der Waals surface area contributed by atoms with Crippen LogP contribution in [-0.2, 0) is 36.7 Å². The van der Waals surface area contributed by atoms with Gasteiger partial charge in [0, 0.05) is 13.0 Å². The molecule has 24 heavy (non-hydrogen) atoms. The Bertz CT molecular complexity index is 629. The average molecular weight is 351 g/mol. The van der Waals surface area contributed by atoms with Gasteiger partial charge in [-0.1, -0.05) is 36.8 Å². The highest BCUT2D eigenvalue weighted by molar-refractivity contribution is 7.87. The number of ether oxygens (including phenoxy) is 2. The van der Waals surface area contributed by atoms with Crippen LogP contribution in [0.1, 0.15) is 31.2 Å². The maximum Gasteiger partial charge on any atom is 0.306 e. The van der Waals surface area contributed by atoms with Crippen molar-refractivity contribution in [2.45, 2.75) is 32.3 Å². The number of hydrogen-bond donors (Lipinski definition) is 0. The molecule has 0 saturated carbocycles. The largest absolute Gasteiger partial charge is 0.487 e. The number of rotatable bonds is 9. The summed E-state index contributed by atoms with van der Waals surface area (Å²) < 4.78 is 23.2. The second kappa shape index (κ2) is 9.22. The lowest BCUT2D eigenvalue weighted by molar-refractivity contribution is -0.145. The van der Waals surface area contributed by atoms with Crippen LogP contribution in [-0.4, -0.2) is 34.0 Å². The van der Waals surface area contributed by atoms with Crippen molar-refractivity contribution in [1.82, 2.24) is 4.31 Å². The van der Waals surface area contributed by atoms with E-state index in [0.717, 1.165) is 12.0 Å². The van der Waals surface area contributed by atoms with Gasteiger partial charge >= 0.3 is 5.97 Å². The number of unbranched alkanes of at least 4 members (excludes halogenated alkanes) is 2. The first-order chi connectivity index (χ1) is 11.6. The van der Waals surface area contributed by atoms with Crippen molar-refractivity contribution >= 4 is 22.9 Å². The van der Waals surface area contributed by atoms with Crippen LogP contribution in [0.4, 0.5) is 0 Å². The number of benzene rings is 1. The minimum atomic E-state index is -1.54. The molecule has 0 N–H and O–H groups in total. The van der Waals surface area contributed by atoms with E-state index < -0.39 is 11.0 Å². The fourth-order valence-electron chi connectivity index (χ4n) is 2.25. The summed E-state index contributed by atoms with van der Waals surface area (Å²) in [6.45, 7) is 0.667. The molecular formula is C17H21NO5S. The smallest absolute Gasteiger partial charge is 0.306 e. The first kappa shape index (κ1) is 18.2. The van der Waals surface area contributed by atoms with E-state index in [2.05, 4.69) is 0 Å². The number of nitrogens with zero attached hydrogens (tertiary/aromatic N) is 1. The Labute approximate surface area is 144 Å². The van der Waals surface area contributed by atoms with Gasteiger partial charge in [-0.2, -0.15) is 0 Å². The number of hydrogen-bond acceptors (Lipinski definition) is 5. The van der Waals surface area contributed by atoms with Crippen molar-refractivity contribution in [3.63, 3.8) is 0 Å². The average Bonchev–Trinajstić information content (AvgIpc) is 2.87. The molecule has 2 rings (SSSR count). The number of amides is 1. The summed E-state index contributed by atoms with van der Waals surface area (Å²) in [5.74, 6) is -0.532. The van der Waals surface area contributed by atoms with E-state index in [1.165, 1.54) is 17.5 Å². The summed E-state index contributed by atoms with van der Waals surface area (Å²) in [4.78, 5) is 23.3. The Morgan fingerprint density at radius 2 is 1.92 bits per heavy atom. The summed E-state index contributed by atoms with van der Waals surface area (Å²) in [7, 11) is -0.145. The van der Waals surface area contributed by atoms with E-state index in [1.54, 1.807) is 0 Å². The quantitative estimate of drug-likeness (QED) is 0.504. The van der Waals surface area contributed by atoms with E-state index in [0.29, 0.717) is 25.8 Å². The van der Waals surface area contributed by atoms with Crippen LogP contribution in [0, 0.1) is 0 Å². The Balaban J connectivity index is 1.57. The molecule has 6 nitrogen and oxygen atoms in total. The van der Waals surface area contributed by atoms with Gasteiger partial charge in [0.05, 0.1) is 13.2 Å². The Hall–Kier alpha value is -2.15. The molecule has 1 aromatic rings. The minimum absolute atomic E-state index is 0.185. The van der Waals surface area contributed by atoms with Crippen LogP contribution < -0.4 is 0 Å². The number of esters is 1. The lowest BCUT2D eigenvalue weighted by Crippen LogP contribution is -2.28. The Morgan fingerprint density at radius 3 is 2.58 bits per heavy atom. The molecule has 1 aliphatic rings. The lowest BCUT2D eigenvalue weighted by Gasteiger charge is -2.14. The predicted octanol–water partition coefficient (Wildman–Crippen LogP) is 2.28. The van der Waals surface area contributed by atoms with Gasteiger partial charge in [0.1, 0.15) is 6.61 Å². The molecule has 130 valence electrons. The van der Waals surface area contributed by atoms with Crippen molar-refractivity contribution in [2.24, 2.45) is 0 Å². The zero-order chi connectivity index (χ0) is 17.4. The molecule has 1 atom stereocenters. The van der Waals surface area contributed by atoms with E-state index in [4.69, 9.17) is 9.47 Å². The summed E-state index contributed by atoms with van der Waals surface area (Å²) >= 11 is 0. The van der Waals surface area contributed by atoms with Crippen LogP contribution in [0.2, 0.25) is 0 Å². The number of methoxy groups -OCH3 is 1. The van der Waals surface area contributed by atoms with E-state index >= 15 is 0 Å². The molecular weight excluding hydrogens is 330 g/mol. The number of carbonyl (C=O) groups is 2. The molecule has 1 unspecified atom stereocenters. The standard InChI is InChI=1S/C17H21NO5S/c1-22-17-12-15(19)18(24(17)21)11-7-3-6-10-16(20)23-13-14-8-4-2-5-9-14/h2,4-5,8-9,12H,3,6-7,10-11,13H2,1H3. The van der Waals surface area contributed by atoms with Gasteiger partial charge in [0.2, 0.25) is 5.09 Å². The summed E-state index contributed by atoms with van der Waals surface area (Å²) in [6, 6.07) is 9.52. The second-order valence-electron chi connectivity index (χ2n) is 5.31. The molecule has 7 heteroatoms. The predicted molar refractivity (Wildman–Crippen MR) is 89.7 cm³/mol. The van der Waals surface area contributed by atoms with Gasteiger partial charge in [-0.15, -0.1) is 0 Å². The summed E-state index contributed by atoms with van der Waals surface area (Å²) in [6.07, 6.45) is 3.69. The van der Waals surface area contributed by atoms with Gasteiger partial charge < -0.3 is 9.47 Å². The van der Waals surface area contributed by atoms with Gasteiger partial charge in [0.25, 0.3) is 5.91 Å². The maximum absolute atomic E-state index is 11.9. The van der Waals surface area contributed by atoms with E-state index in [1.807, 2.05) is 30.3 Å². The van der Waals surface area contributed by atoms with Crippen molar-refractivity contribution < 1.29 is 23.3 Å². The summed E-state index contributed by atoms with van der Waals surface area (Å²) in [5.41, 5.74) is 0.960. The van der Waals surface area contributed by atoms with Crippen LogP contribution in [0.5, 0.6) is 0 Å². The molecule has 0 bridgehead atoms. The molecule has 0 spiro atoms. The molecule has 1 amide bonds. The van der Waals surface area contributed by atoms with Gasteiger partial charge in [0.15, 0.2) is 11.0 Å². The molecule has 0 fully saturated rings. The van der Waals surface area contributed by atoms with Crippen molar-refractivity contribution in [3.8, 4) is 0 Å². The first-order valence-corrected chi connectivity index (χ1v) is 8.91. The minimum Gasteiger partial charge on any atom is -0.487 e. The molecule has 1 heterocycles. The number of carbonyl (C=O) groups excluding carboxylic acids is 2. The van der Waals surface area contributed by atoms with E-state index in [-0.39, 0.29) is 23.6 Å². The van der Waals surface area contributed by atoms with Crippen LogP contribution in [0.15, 0.2) is 41.5 Å². The zero-order valence-electron chi connectivity index (χ0n) is 13.6. The fourth-order valence-corrected chi connectivity index (χ4v) is 3.32. The van der Waals surface area contributed by atoms with Crippen LogP contribution in [0.25, 0.3) is 0 Å². The monoisotopic (exact) mass is 351 g/mol. The maximum atomic E-state index is 11.9. The molecule has 1 aliphatic heterocycles. The van der Waals surface area contributed by atoms with Crippen LogP contribution >= 0.6 is 0 Å². The van der Waals surface area contributed by atoms with Crippen molar-refractivity contribution in [3.05, 3.63) is 47.1 Å². The fraction of sp³-hybridized carbons (Fsp3) is 0.412. The molecule has 0 saturated heterocycles. The van der Waals surface area contributed by atoms with Gasteiger partial charge in [-0.05, 0) is 18.4 Å². The third-order valence-electron chi connectivity index (χ3n) is 3.55. The molecule has 0 radical (unpaired) electrons. The molecule has 0 aliphatic carbocycles. The zero-order valence-corrected chi connectivity index (χ0v) is 14.4. The highest BCUT2D eigenvalue weighted by Crippen LogP contribution is 2.18. The molecule has 1 aromatic carbocycles. The highest BCUT2D eigenvalue weighted by atomic mass is 32.2. The second-order valence-corrected chi connectivity index (χ2v) is 6.66. The Morgan fingerprint density at radius 1 is 1.17 bits per heavy atom.